The third-order valence-corrected chi connectivity index (χ3v) is 5.83. The van der Waals surface area contributed by atoms with Crippen molar-refractivity contribution in [2.24, 2.45) is 0 Å². The Balaban J connectivity index is -0.0000000313. The van der Waals surface area contributed by atoms with Crippen molar-refractivity contribution in [2.75, 3.05) is 0 Å². The topological polar surface area (TPSA) is 245 Å². The fourth-order valence-corrected chi connectivity index (χ4v) is 3.32. The molecule has 0 atom stereocenters. The van der Waals surface area contributed by atoms with Gasteiger partial charge in [-0.05, 0) is 64.8 Å². The van der Waals surface area contributed by atoms with Gasteiger partial charge in [-0.2, -0.15) is 21.5 Å². The van der Waals surface area contributed by atoms with Gasteiger partial charge in [0.05, 0.1) is 36.8 Å². The summed E-state index contributed by atoms with van der Waals surface area (Å²) < 4.78 is 21.4. The smallest absolute Gasteiger partial charge is 0.213 e. The van der Waals surface area contributed by atoms with Crippen molar-refractivity contribution < 1.29 is 17.9 Å². The number of oxazole rings is 1. The molecule has 0 unspecified atom stereocenters. The third kappa shape index (κ3) is 314. The Labute approximate surface area is 629 Å². The summed E-state index contributed by atoms with van der Waals surface area (Å²) in [5, 5.41) is 26.7. The highest BCUT2D eigenvalue weighted by Gasteiger charge is 1.64. The first-order valence-corrected chi connectivity index (χ1v) is 39.9. The van der Waals surface area contributed by atoms with Crippen molar-refractivity contribution in [1.29, 1.82) is 0 Å². The molecule has 11 heterocycles. The Morgan fingerprint density at radius 1 is 0.263 bits per heavy atom. The van der Waals surface area contributed by atoms with Crippen molar-refractivity contribution in [3.8, 4) is 0 Å². The molecule has 0 saturated heterocycles. The zero-order valence-corrected chi connectivity index (χ0v) is 75.4. The maximum absolute atomic E-state index is 4.58. The molecule has 0 aliphatic rings. The Bertz CT molecular complexity index is 1220. The van der Waals surface area contributed by atoms with Crippen LogP contribution in [0.5, 0.6) is 0 Å². The van der Waals surface area contributed by atoms with Crippen molar-refractivity contribution in [3.63, 3.8) is 0 Å². The largest absolute Gasteiger partial charge is 0.473 e. The van der Waals surface area contributed by atoms with Gasteiger partial charge in [0.15, 0.2) is 12.7 Å². The molecule has 21 heteroatoms. The highest BCUT2D eigenvalue weighted by Crippen LogP contribution is 1.91. The number of thiophene rings is 1. The molecule has 0 bridgehead atoms. The number of hydrogen-bond donors (Lipinski definition) is 4. The number of aromatic nitrogens is 14. The molecule has 0 fully saturated rings. The standard InChI is InChI=1S/C4H5N.C4H4O.C4H4S.2C3H4N2.2C3H3NO.2C3H3NS.C2H3N3.C2H2N2O.22C2H6/c3*1-2-4-5-3-1;1-2-5-3-4-1;1-2-4-5-3-1;1-2-5-3-4-1;1-2-4-5-3-1;1-2-5-3-4-1;1-2-4-5-3-1;2*1-3-2-5-4-1;22*1-2/h1-5H;2*1-4H;2*1-3H,(H,4,5);4*1-3H;1-2H,(H,3,4,5);1-2H;22*1-2H3. The molecule has 0 aliphatic heterocycles. The number of imidazole rings is 1. The van der Waals surface area contributed by atoms with Gasteiger partial charge in [-0.25, -0.2) is 24.3 Å². The van der Waals surface area contributed by atoms with E-state index in [1.807, 2.05) is 387 Å². The molecule has 11 rings (SSSR count). The SMILES string of the molecule is CC.CC.CC.CC.CC.CC.CC.CC.CC.CC.CC.CC.CC.CC.CC.CC.CC.CC.CC.CC.CC.CC.c1c[nH]cn1.c1cc[nH]c1.c1ccoc1.c1ccsc1.c1cn[nH]c1.c1cnoc1.c1cnsc1.c1cocn1.c1cscn1.c1nc[nH]n1.c1ncon1. The van der Waals surface area contributed by atoms with Gasteiger partial charge in [0.25, 0.3) is 0 Å². The average molecular weight is 1460 g/mol. The van der Waals surface area contributed by atoms with Gasteiger partial charge >= 0.3 is 0 Å². The van der Waals surface area contributed by atoms with Gasteiger partial charge in [-0.15, -0.1) is 11.3 Å². The van der Waals surface area contributed by atoms with Crippen molar-refractivity contribution in [1.82, 2.24) is 70.0 Å². The second-order valence-electron chi connectivity index (χ2n) is 7.96. The van der Waals surface area contributed by atoms with Gasteiger partial charge in [0, 0.05) is 60.3 Å². The number of hydrogen-bond acceptors (Lipinski definition) is 17. The highest BCUT2D eigenvalue weighted by atomic mass is 32.1. The maximum Gasteiger partial charge on any atom is 0.213 e. The quantitative estimate of drug-likeness (QED) is 0.110. The average Bonchev–Trinajstić information content (AvgIpc) is 4.57. The van der Waals surface area contributed by atoms with Crippen LogP contribution in [0.2, 0.25) is 0 Å². The van der Waals surface area contributed by atoms with E-state index >= 15 is 0 Å². The number of nitrogens with one attached hydrogen (secondary N) is 4. The van der Waals surface area contributed by atoms with Crippen LogP contribution >= 0.6 is 34.2 Å². The van der Waals surface area contributed by atoms with Crippen LogP contribution in [0.15, 0.2) is 225 Å². The second-order valence-corrected chi connectivity index (χ2v) is 10.2. The molecule has 0 amide bonds. The molecule has 4 N–H and O–H groups in total. The van der Waals surface area contributed by atoms with Gasteiger partial charge in [-0.1, -0.05) is 327 Å². The molecule has 0 aliphatic carbocycles. The summed E-state index contributed by atoms with van der Waals surface area (Å²) in [6, 6.07) is 17.1. The van der Waals surface area contributed by atoms with E-state index in [1.54, 1.807) is 103 Å². The molecule has 11 aromatic heterocycles. The predicted molar refractivity (Wildman–Crippen MR) is 459 cm³/mol. The summed E-state index contributed by atoms with van der Waals surface area (Å²) in [5.74, 6) is 0. The first kappa shape index (κ1) is 155. The van der Waals surface area contributed by atoms with E-state index in [0.29, 0.717) is 0 Å². The van der Waals surface area contributed by atoms with Crippen molar-refractivity contribution in [3.05, 3.63) is 207 Å². The van der Waals surface area contributed by atoms with E-state index in [2.05, 4.69) is 87.8 Å². The summed E-state index contributed by atoms with van der Waals surface area (Å²) in [4.78, 5) is 23.6. The second kappa shape index (κ2) is 321. The van der Waals surface area contributed by atoms with E-state index in [1.165, 1.54) is 55.8 Å². The summed E-state index contributed by atoms with van der Waals surface area (Å²) in [6.07, 6.45) is 32.2. The van der Waals surface area contributed by atoms with E-state index < -0.39 is 0 Å². The lowest BCUT2D eigenvalue weighted by atomic mass is 10.7. The zero-order valence-electron chi connectivity index (χ0n) is 73.0. The molecule has 594 valence electrons. The fourth-order valence-electron chi connectivity index (χ4n) is 2.17. The molecule has 11 aromatic rings. The Morgan fingerprint density at radius 3 is 0.869 bits per heavy atom. The zero-order chi connectivity index (χ0) is 82.9. The van der Waals surface area contributed by atoms with Crippen molar-refractivity contribution >= 4 is 34.2 Å². The first-order valence-electron chi connectivity index (χ1n) is 37.2. The fraction of sp³-hybridized carbons (Fsp3) is 0.564. The Hall–Kier alpha value is -7.36. The lowest BCUT2D eigenvalue weighted by molar-refractivity contribution is 0.416. The van der Waals surface area contributed by atoms with Gasteiger partial charge in [0.1, 0.15) is 25.2 Å². The van der Waals surface area contributed by atoms with Crippen LogP contribution < -0.4 is 0 Å². The van der Waals surface area contributed by atoms with E-state index in [0.717, 1.165) is 0 Å². The lowest BCUT2D eigenvalue weighted by Crippen LogP contribution is -1.53. The number of furan rings is 1. The summed E-state index contributed by atoms with van der Waals surface area (Å²) in [6.45, 7) is 88.0. The molecule has 0 saturated carbocycles. The summed E-state index contributed by atoms with van der Waals surface area (Å²) in [5.41, 5.74) is 1.79. The minimum Gasteiger partial charge on any atom is -0.473 e. The Kier molecular flexibility index (Phi) is 503. The van der Waals surface area contributed by atoms with E-state index in [9.17, 15) is 0 Å². The number of aromatic amines is 4. The number of nitrogens with zero attached hydrogens (tertiary/aromatic N) is 10. The van der Waals surface area contributed by atoms with Crippen LogP contribution in [0.4, 0.5) is 0 Å². The van der Waals surface area contributed by atoms with Crippen LogP contribution in [0.1, 0.15) is 305 Å². The van der Waals surface area contributed by atoms with Gasteiger partial charge in [-0.3, -0.25) is 15.2 Å². The summed E-state index contributed by atoms with van der Waals surface area (Å²) >= 11 is 4.78. The maximum atomic E-state index is 4.58. The summed E-state index contributed by atoms with van der Waals surface area (Å²) in [7, 11) is 0. The van der Waals surface area contributed by atoms with E-state index in [-0.39, 0.29) is 0 Å². The third-order valence-electron chi connectivity index (χ3n) is 4.16. The van der Waals surface area contributed by atoms with E-state index in [4.69, 9.17) is 0 Å². The van der Waals surface area contributed by atoms with Crippen molar-refractivity contribution in [2.45, 2.75) is 305 Å². The molecule has 0 aromatic carbocycles. The molecule has 18 nitrogen and oxygen atoms in total. The van der Waals surface area contributed by atoms with Crippen LogP contribution in [-0.4, -0.2) is 70.0 Å². The lowest BCUT2D eigenvalue weighted by Gasteiger charge is -1.50. The number of H-pyrrole nitrogens is 4. The number of rotatable bonds is 0. The molecular formula is C78H170N14O4S3. The monoisotopic (exact) mass is 1460 g/mol. The number of thiazole rings is 1. The van der Waals surface area contributed by atoms with Gasteiger partial charge in [0.2, 0.25) is 6.39 Å². The minimum absolute atomic E-state index is 1.26. The minimum atomic E-state index is 1.26. The molecule has 99 heavy (non-hydrogen) atoms. The highest BCUT2D eigenvalue weighted by molar-refractivity contribution is 7.07. The predicted octanol–water partition coefficient (Wildman–Crippen LogP) is 30.9. The molecular weight excluding hydrogens is 1290 g/mol. The normalized spacial score (nSPS) is 5.78. The van der Waals surface area contributed by atoms with Crippen LogP contribution in [0, 0.1) is 0 Å². The van der Waals surface area contributed by atoms with Crippen LogP contribution in [0.3, 0.4) is 0 Å². The van der Waals surface area contributed by atoms with Gasteiger partial charge < -0.3 is 27.8 Å². The molecule has 0 spiro atoms. The molecule has 0 radical (unpaired) electrons. The van der Waals surface area contributed by atoms with Crippen LogP contribution in [0.25, 0.3) is 0 Å². The first-order chi connectivity index (χ1) is 49.5. The van der Waals surface area contributed by atoms with Crippen LogP contribution in [-0.2, 0) is 0 Å². The Morgan fingerprint density at radius 2 is 0.758 bits per heavy atom.